The Labute approximate surface area is 193 Å². The van der Waals surface area contributed by atoms with E-state index in [1.165, 1.54) is 10.5 Å². The summed E-state index contributed by atoms with van der Waals surface area (Å²) in [7, 11) is 0. The first-order valence-electron chi connectivity index (χ1n) is 10.7. The van der Waals surface area contributed by atoms with Crippen LogP contribution in [0.4, 0.5) is 5.69 Å². The lowest BCUT2D eigenvalue weighted by molar-refractivity contribution is -0.128. The molecule has 2 saturated heterocycles. The minimum absolute atomic E-state index is 0.0793. The molecule has 0 atom stereocenters. The third-order valence-corrected chi connectivity index (χ3v) is 6.02. The van der Waals surface area contributed by atoms with Gasteiger partial charge < -0.3 is 4.90 Å². The van der Waals surface area contributed by atoms with E-state index < -0.39 is 11.8 Å². The highest BCUT2D eigenvalue weighted by atomic mass is 32.1. The minimum Gasteiger partial charge on any atom is -0.368 e. The van der Waals surface area contributed by atoms with Crippen molar-refractivity contribution < 1.29 is 9.59 Å². The number of para-hydroxylation sites is 1. The van der Waals surface area contributed by atoms with Gasteiger partial charge in [-0.3, -0.25) is 24.7 Å². The average Bonchev–Trinajstić information content (AvgIpc) is 2.81. The first-order valence-corrected chi connectivity index (χ1v) is 11.1. The normalized spacial score (nSPS) is 18.8. The van der Waals surface area contributed by atoms with Crippen LogP contribution in [0.25, 0.3) is 6.08 Å². The molecule has 0 aromatic heterocycles. The Balaban J connectivity index is 1.51. The molecule has 0 saturated carbocycles. The zero-order valence-electron chi connectivity index (χ0n) is 17.9. The zero-order chi connectivity index (χ0) is 22.5. The van der Waals surface area contributed by atoms with Crippen molar-refractivity contribution in [1.29, 1.82) is 0 Å². The van der Waals surface area contributed by atoms with Gasteiger partial charge in [-0.25, -0.2) is 0 Å². The van der Waals surface area contributed by atoms with E-state index in [0.29, 0.717) is 0 Å². The molecule has 0 radical (unpaired) electrons. The standard InChI is InChI=1S/C25H26N4O2S/c1-2-12-29-24(31)21(23(30)26-25(29)32)17-20-10-6-7-11-22(20)28-15-13-27(14-16-28)18-19-8-4-3-5-9-19/h2-11,17H,1,12-16,18H2,(H,26,30,32)/b21-17+. The summed E-state index contributed by atoms with van der Waals surface area (Å²) in [6, 6.07) is 18.4. The summed E-state index contributed by atoms with van der Waals surface area (Å²) < 4.78 is 0. The fourth-order valence-corrected chi connectivity index (χ4v) is 4.28. The molecule has 2 fully saturated rings. The fraction of sp³-hybridized carbons (Fsp3) is 0.240. The molecular weight excluding hydrogens is 420 g/mol. The number of nitrogens with one attached hydrogen (secondary N) is 1. The molecule has 6 nitrogen and oxygen atoms in total. The van der Waals surface area contributed by atoms with Crippen molar-refractivity contribution in [3.05, 3.63) is 84.0 Å². The molecule has 2 aromatic rings. The smallest absolute Gasteiger partial charge is 0.265 e. The molecule has 2 amide bonds. The largest absolute Gasteiger partial charge is 0.368 e. The molecule has 164 valence electrons. The van der Waals surface area contributed by atoms with Gasteiger partial charge in [-0.15, -0.1) is 6.58 Å². The molecule has 2 heterocycles. The molecule has 2 aliphatic heterocycles. The Morgan fingerprint density at radius 3 is 2.38 bits per heavy atom. The van der Waals surface area contributed by atoms with Crippen LogP contribution in [0.15, 0.2) is 72.8 Å². The Kier molecular flexibility index (Phi) is 6.78. The Morgan fingerprint density at radius 1 is 0.969 bits per heavy atom. The topological polar surface area (TPSA) is 55.9 Å². The first kappa shape index (κ1) is 21.9. The van der Waals surface area contributed by atoms with Crippen molar-refractivity contribution in [2.75, 3.05) is 37.6 Å². The van der Waals surface area contributed by atoms with E-state index in [1.807, 2.05) is 30.3 Å². The van der Waals surface area contributed by atoms with Crippen LogP contribution in [-0.2, 0) is 16.1 Å². The Hall–Kier alpha value is -3.29. The molecule has 1 N–H and O–H groups in total. The number of benzene rings is 2. The molecule has 0 unspecified atom stereocenters. The quantitative estimate of drug-likeness (QED) is 0.320. The van der Waals surface area contributed by atoms with Crippen LogP contribution >= 0.6 is 12.2 Å². The lowest BCUT2D eigenvalue weighted by atomic mass is 10.0. The van der Waals surface area contributed by atoms with Crippen molar-refractivity contribution >= 4 is 40.9 Å². The van der Waals surface area contributed by atoms with Gasteiger partial charge in [0.2, 0.25) is 0 Å². The number of anilines is 1. The lowest BCUT2D eigenvalue weighted by Gasteiger charge is -2.37. The summed E-state index contributed by atoms with van der Waals surface area (Å²) in [5.41, 5.74) is 3.25. The number of carbonyl (C=O) groups is 2. The molecule has 0 bridgehead atoms. The van der Waals surface area contributed by atoms with E-state index in [0.717, 1.165) is 44.0 Å². The van der Waals surface area contributed by atoms with Gasteiger partial charge in [0.1, 0.15) is 5.57 Å². The van der Waals surface area contributed by atoms with Crippen molar-refractivity contribution in [2.45, 2.75) is 6.54 Å². The second-order valence-corrected chi connectivity index (χ2v) is 8.22. The second-order valence-electron chi connectivity index (χ2n) is 7.83. The Morgan fingerprint density at radius 2 is 1.66 bits per heavy atom. The number of hydrogen-bond donors (Lipinski definition) is 1. The summed E-state index contributed by atoms with van der Waals surface area (Å²) in [6.07, 6.45) is 3.25. The fourth-order valence-electron chi connectivity index (χ4n) is 4.03. The summed E-state index contributed by atoms with van der Waals surface area (Å²) in [4.78, 5) is 31.5. The zero-order valence-corrected chi connectivity index (χ0v) is 18.7. The summed E-state index contributed by atoms with van der Waals surface area (Å²) in [5.74, 6) is -0.871. The maximum atomic E-state index is 12.9. The van der Waals surface area contributed by atoms with E-state index in [-0.39, 0.29) is 17.2 Å². The predicted octanol–water partition coefficient (Wildman–Crippen LogP) is 2.82. The summed E-state index contributed by atoms with van der Waals surface area (Å²) in [5, 5.41) is 2.72. The number of rotatable bonds is 6. The van der Waals surface area contributed by atoms with Crippen LogP contribution in [0.3, 0.4) is 0 Å². The number of piperazine rings is 1. The third kappa shape index (κ3) is 4.79. The van der Waals surface area contributed by atoms with Crippen LogP contribution in [0.5, 0.6) is 0 Å². The van der Waals surface area contributed by atoms with Gasteiger partial charge in [0.15, 0.2) is 5.11 Å². The molecule has 0 spiro atoms. The number of thiocarbonyl (C=S) groups is 1. The van der Waals surface area contributed by atoms with Gasteiger partial charge in [0.05, 0.1) is 0 Å². The first-order chi connectivity index (χ1) is 15.6. The summed E-state index contributed by atoms with van der Waals surface area (Å²) >= 11 is 5.14. The minimum atomic E-state index is -0.470. The maximum absolute atomic E-state index is 12.9. The van der Waals surface area contributed by atoms with Crippen molar-refractivity contribution in [3.8, 4) is 0 Å². The van der Waals surface area contributed by atoms with Crippen LogP contribution in [0.2, 0.25) is 0 Å². The van der Waals surface area contributed by atoms with Crippen LogP contribution in [-0.4, -0.2) is 59.5 Å². The van der Waals surface area contributed by atoms with Gasteiger partial charge in [-0.05, 0) is 35.5 Å². The average molecular weight is 447 g/mol. The summed E-state index contributed by atoms with van der Waals surface area (Å²) in [6.45, 7) is 8.49. The highest BCUT2D eigenvalue weighted by Crippen LogP contribution is 2.26. The number of nitrogens with zero attached hydrogens (tertiary/aromatic N) is 3. The highest BCUT2D eigenvalue weighted by molar-refractivity contribution is 7.80. The molecule has 4 rings (SSSR count). The van der Waals surface area contributed by atoms with E-state index in [2.05, 4.69) is 46.0 Å². The third-order valence-electron chi connectivity index (χ3n) is 5.70. The molecule has 2 aromatic carbocycles. The second kappa shape index (κ2) is 9.89. The van der Waals surface area contributed by atoms with Gasteiger partial charge in [-0.2, -0.15) is 0 Å². The Bertz CT molecular complexity index is 1060. The molecular formula is C25H26N4O2S. The number of amides is 2. The molecule has 7 heteroatoms. The number of carbonyl (C=O) groups excluding carboxylic acids is 2. The van der Waals surface area contributed by atoms with Crippen molar-refractivity contribution in [1.82, 2.24) is 15.1 Å². The molecule has 2 aliphatic rings. The van der Waals surface area contributed by atoms with E-state index in [4.69, 9.17) is 12.2 Å². The van der Waals surface area contributed by atoms with E-state index >= 15 is 0 Å². The van der Waals surface area contributed by atoms with Gasteiger partial charge in [-0.1, -0.05) is 54.6 Å². The predicted molar refractivity (Wildman–Crippen MR) is 131 cm³/mol. The van der Waals surface area contributed by atoms with Crippen molar-refractivity contribution in [2.24, 2.45) is 0 Å². The van der Waals surface area contributed by atoms with Gasteiger partial charge >= 0.3 is 0 Å². The SMILES string of the molecule is C=CCN1C(=O)/C(=C/c2ccccc2N2CCN(Cc3ccccc3)CC2)C(=O)NC1=S. The van der Waals surface area contributed by atoms with Gasteiger partial charge in [0, 0.05) is 45.0 Å². The van der Waals surface area contributed by atoms with E-state index in [1.54, 1.807) is 12.2 Å². The van der Waals surface area contributed by atoms with Crippen LogP contribution < -0.4 is 10.2 Å². The van der Waals surface area contributed by atoms with Crippen LogP contribution in [0.1, 0.15) is 11.1 Å². The van der Waals surface area contributed by atoms with E-state index in [9.17, 15) is 9.59 Å². The van der Waals surface area contributed by atoms with Gasteiger partial charge in [0.25, 0.3) is 11.8 Å². The molecule has 0 aliphatic carbocycles. The van der Waals surface area contributed by atoms with Crippen molar-refractivity contribution in [3.63, 3.8) is 0 Å². The monoisotopic (exact) mass is 446 g/mol. The highest BCUT2D eigenvalue weighted by Gasteiger charge is 2.33. The molecule has 32 heavy (non-hydrogen) atoms. The van der Waals surface area contributed by atoms with Crippen LogP contribution in [0, 0.1) is 0 Å². The lowest BCUT2D eigenvalue weighted by Crippen LogP contribution is -2.53. The maximum Gasteiger partial charge on any atom is 0.265 e. The number of hydrogen-bond acceptors (Lipinski definition) is 5.